The van der Waals surface area contributed by atoms with E-state index in [0.29, 0.717) is 11.6 Å². The molecule has 0 heterocycles. The lowest BCUT2D eigenvalue weighted by molar-refractivity contribution is 0.126. The molecular formula is C9H12ClNO2. The maximum Gasteiger partial charge on any atom is 0.117 e. The van der Waals surface area contributed by atoms with E-state index < -0.39 is 0 Å². The summed E-state index contributed by atoms with van der Waals surface area (Å²) in [6, 6.07) is 4.86. The number of aromatic hydroxyl groups is 1. The van der Waals surface area contributed by atoms with Gasteiger partial charge in [-0.15, -0.1) is 0 Å². The van der Waals surface area contributed by atoms with Crippen LogP contribution in [0.4, 0.5) is 0 Å². The van der Waals surface area contributed by atoms with E-state index in [-0.39, 0.29) is 11.7 Å². The minimum atomic E-state index is 0.123. The van der Waals surface area contributed by atoms with E-state index in [1.54, 1.807) is 12.1 Å². The highest BCUT2D eigenvalue weighted by atomic mass is 35.5. The van der Waals surface area contributed by atoms with Crippen LogP contribution in [0.1, 0.15) is 18.4 Å². The molecule has 0 radical (unpaired) electrons. The maximum absolute atomic E-state index is 9.11. The van der Waals surface area contributed by atoms with Crippen LogP contribution in [0.5, 0.6) is 5.75 Å². The average Bonchev–Trinajstić information content (AvgIpc) is 2.04. The molecule has 0 aliphatic rings. The third-order valence-electron chi connectivity index (χ3n) is 1.86. The van der Waals surface area contributed by atoms with Gasteiger partial charge in [0.05, 0.1) is 6.61 Å². The normalized spacial score (nSPS) is 12.8. The summed E-state index contributed by atoms with van der Waals surface area (Å²) in [7, 11) is 0. The van der Waals surface area contributed by atoms with Gasteiger partial charge < -0.3 is 9.94 Å². The van der Waals surface area contributed by atoms with Crippen molar-refractivity contribution < 1.29 is 9.94 Å². The van der Waals surface area contributed by atoms with Crippen molar-refractivity contribution in [2.24, 2.45) is 5.90 Å². The van der Waals surface area contributed by atoms with Crippen molar-refractivity contribution >= 4 is 11.6 Å². The molecule has 0 bridgehead atoms. The van der Waals surface area contributed by atoms with E-state index in [2.05, 4.69) is 4.84 Å². The largest absolute Gasteiger partial charge is 0.508 e. The lowest BCUT2D eigenvalue weighted by Gasteiger charge is -2.11. The van der Waals surface area contributed by atoms with E-state index in [0.717, 1.165) is 5.56 Å². The number of halogens is 1. The number of rotatable bonds is 3. The van der Waals surface area contributed by atoms with Gasteiger partial charge in [0.25, 0.3) is 0 Å². The molecular weight excluding hydrogens is 190 g/mol. The Bertz CT molecular complexity index is 291. The molecule has 0 spiro atoms. The van der Waals surface area contributed by atoms with Crippen LogP contribution in [0.3, 0.4) is 0 Å². The topological polar surface area (TPSA) is 55.5 Å². The number of phenolic OH excluding ortho intramolecular Hbond substituents is 1. The summed E-state index contributed by atoms with van der Waals surface area (Å²) in [5.41, 5.74) is 0.921. The molecule has 1 unspecified atom stereocenters. The average molecular weight is 202 g/mol. The maximum atomic E-state index is 9.11. The first-order valence-electron chi connectivity index (χ1n) is 3.95. The van der Waals surface area contributed by atoms with Gasteiger partial charge in [0.15, 0.2) is 0 Å². The van der Waals surface area contributed by atoms with E-state index in [1.165, 1.54) is 6.07 Å². The zero-order valence-corrected chi connectivity index (χ0v) is 8.08. The number of hydrogen-bond donors (Lipinski definition) is 2. The fraction of sp³-hybridized carbons (Fsp3) is 0.333. The van der Waals surface area contributed by atoms with Gasteiger partial charge in [-0.3, -0.25) is 0 Å². The van der Waals surface area contributed by atoms with Crippen molar-refractivity contribution in [3.05, 3.63) is 28.8 Å². The Morgan fingerprint density at radius 1 is 1.62 bits per heavy atom. The minimum absolute atomic E-state index is 0.123. The Morgan fingerprint density at radius 2 is 2.31 bits per heavy atom. The van der Waals surface area contributed by atoms with Gasteiger partial charge in [0.1, 0.15) is 5.75 Å². The third kappa shape index (κ3) is 2.59. The molecule has 0 saturated heterocycles. The van der Waals surface area contributed by atoms with Crippen molar-refractivity contribution in [2.45, 2.75) is 12.8 Å². The summed E-state index contributed by atoms with van der Waals surface area (Å²) in [5.74, 6) is 5.24. The van der Waals surface area contributed by atoms with Gasteiger partial charge in [-0.1, -0.05) is 24.6 Å². The van der Waals surface area contributed by atoms with E-state index in [9.17, 15) is 0 Å². The standard InChI is InChI=1S/C9H12ClNO2/c1-6(5-13-11)8-3-2-7(12)4-9(8)10/h2-4,6,12H,5,11H2,1H3. The molecule has 4 heteroatoms. The smallest absolute Gasteiger partial charge is 0.117 e. The van der Waals surface area contributed by atoms with Crippen LogP contribution in [0.15, 0.2) is 18.2 Å². The van der Waals surface area contributed by atoms with Gasteiger partial charge in [-0.25, -0.2) is 5.90 Å². The predicted molar refractivity (Wildman–Crippen MR) is 51.7 cm³/mol. The first kappa shape index (κ1) is 10.3. The van der Waals surface area contributed by atoms with E-state index >= 15 is 0 Å². The number of benzene rings is 1. The van der Waals surface area contributed by atoms with Gasteiger partial charge in [0, 0.05) is 10.9 Å². The Morgan fingerprint density at radius 3 is 2.85 bits per heavy atom. The molecule has 0 aliphatic carbocycles. The highest BCUT2D eigenvalue weighted by Gasteiger charge is 2.09. The number of hydrogen-bond acceptors (Lipinski definition) is 3. The highest BCUT2D eigenvalue weighted by molar-refractivity contribution is 6.31. The van der Waals surface area contributed by atoms with Crippen molar-refractivity contribution in [2.75, 3.05) is 6.61 Å². The van der Waals surface area contributed by atoms with Crippen molar-refractivity contribution in [3.63, 3.8) is 0 Å². The summed E-state index contributed by atoms with van der Waals surface area (Å²) < 4.78 is 0. The Labute approximate surface area is 82.0 Å². The van der Waals surface area contributed by atoms with Crippen LogP contribution in [-0.2, 0) is 4.84 Å². The molecule has 1 aromatic rings. The first-order chi connectivity index (χ1) is 6.15. The SMILES string of the molecule is CC(CON)c1ccc(O)cc1Cl. The molecule has 1 atom stereocenters. The minimum Gasteiger partial charge on any atom is -0.508 e. The summed E-state index contributed by atoms with van der Waals surface area (Å²) in [5, 5.41) is 9.64. The Kier molecular flexibility index (Phi) is 3.54. The first-order valence-corrected chi connectivity index (χ1v) is 4.33. The lowest BCUT2D eigenvalue weighted by atomic mass is 10.0. The van der Waals surface area contributed by atoms with Gasteiger partial charge >= 0.3 is 0 Å². The van der Waals surface area contributed by atoms with Crippen LogP contribution in [0, 0.1) is 0 Å². The second-order valence-electron chi connectivity index (χ2n) is 2.94. The highest BCUT2D eigenvalue weighted by Crippen LogP contribution is 2.27. The summed E-state index contributed by atoms with van der Waals surface area (Å²) in [6.45, 7) is 2.36. The van der Waals surface area contributed by atoms with Gasteiger partial charge in [-0.05, 0) is 17.7 Å². The van der Waals surface area contributed by atoms with Crippen LogP contribution in [-0.4, -0.2) is 11.7 Å². The molecule has 0 aromatic heterocycles. The van der Waals surface area contributed by atoms with E-state index in [1.807, 2.05) is 6.92 Å². The summed E-state index contributed by atoms with van der Waals surface area (Å²) in [4.78, 5) is 4.52. The Hall–Kier alpha value is -0.770. The van der Waals surface area contributed by atoms with Crippen LogP contribution >= 0.6 is 11.6 Å². The van der Waals surface area contributed by atoms with Crippen LogP contribution in [0.2, 0.25) is 5.02 Å². The molecule has 13 heavy (non-hydrogen) atoms. The molecule has 1 rings (SSSR count). The predicted octanol–water partition coefficient (Wildman–Crippen LogP) is 2.04. The van der Waals surface area contributed by atoms with Gasteiger partial charge in [-0.2, -0.15) is 0 Å². The lowest BCUT2D eigenvalue weighted by Crippen LogP contribution is -2.08. The second-order valence-corrected chi connectivity index (χ2v) is 3.35. The van der Waals surface area contributed by atoms with Crippen LogP contribution < -0.4 is 5.90 Å². The second kappa shape index (κ2) is 4.46. The zero-order valence-electron chi connectivity index (χ0n) is 7.33. The monoisotopic (exact) mass is 201 g/mol. The van der Waals surface area contributed by atoms with Crippen molar-refractivity contribution in [1.82, 2.24) is 0 Å². The molecule has 3 nitrogen and oxygen atoms in total. The van der Waals surface area contributed by atoms with Crippen molar-refractivity contribution in [1.29, 1.82) is 0 Å². The summed E-state index contributed by atoms with van der Waals surface area (Å²) >= 11 is 5.90. The molecule has 1 aromatic carbocycles. The molecule has 72 valence electrons. The van der Waals surface area contributed by atoms with Gasteiger partial charge in [0.2, 0.25) is 0 Å². The van der Waals surface area contributed by atoms with E-state index in [4.69, 9.17) is 22.6 Å². The number of phenols is 1. The molecule has 3 N–H and O–H groups in total. The fourth-order valence-corrected chi connectivity index (χ4v) is 1.51. The molecule has 0 saturated carbocycles. The fourth-order valence-electron chi connectivity index (χ4n) is 1.15. The van der Waals surface area contributed by atoms with Crippen LogP contribution in [0.25, 0.3) is 0 Å². The van der Waals surface area contributed by atoms with Crippen molar-refractivity contribution in [3.8, 4) is 5.75 Å². The molecule has 0 amide bonds. The quantitative estimate of drug-likeness (QED) is 0.736. The number of nitrogens with two attached hydrogens (primary N) is 1. The zero-order chi connectivity index (χ0) is 9.84. The molecule has 0 fully saturated rings. The summed E-state index contributed by atoms with van der Waals surface area (Å²) in [6.07, 6.45) is 0. The third-order valence-corrected chi connectivity index (χ3v) is 2.19. The Balaban J connectivity index is 2.88. The molecule has 0 aliphatic heterocycles.